The Hall–Kier alpha value is -1.55. The zero-order valence-corrected chi connectivity index (χ0v) is 10.7. The second-order valence-electron chi connectivity index (χ2n) is 4.99. The zero-order valence-electron chi connectivity index (χ0n) is 10.7. The third-order valence-corrected chi connectivity index (χ3v) is 3.58. The van der Waals surface area contributed by atoms with Gasteiger partial charge in [0, 0.05) is 18.7 Å². The van der Waals surface area contributed by atoms with Crippen molar-refractivity contribution in [3.63, 3.8) is 0 Å². The second-order valence-corrected chi connectivity index (χ2v) is 4.99. The van der Waals surface area contributed by atoms with Crippen LogP contribution in [-0.2, 0) is 0 Å². The van der Waals surface area contributed by atoms with Crippen molar-refractivity contribution >= 4 is 5.91 Å². The lowest BCUT2D eigenvalue weighted by Crippen LogP contribution is -2.42. The molecule has 1 heterocycles. The molecule has 1 aromatic carbocycles. The molecule has 3 N–H and O–H groups in total. The lowest BCUT2D eigenvalue weighted by Gasteiger charge is -2.32. The summed E-state index contributed by atoms with van der Waals surface area (Å²) in [4.78, 5) is 14.3. The first-order valence-corrected chi connectivity index (χ1v) is 6.40. The summed E-state index contributed by atoms with van der Waals surface area (Å²) >= 11 is 0. The molecule has 0 aromatic heterocycles. The van der Waals surface area contributed by atoms with Crippen molar-refractivity contribution in [2.45, 2.75) is 19.8 Å². The molecule has 4 heteroatoms. The van der Waals surface area contributed by atoms with E-state index in [1.807, 2.05) is 11.8 Å². The highest BCUT2D eigenvalue weighted by Crippen LogP contribution is 2.21. The molecule has 0 aliphatic carbocycles. The summed E-state index contributed by atoms with van der Waals surface area (Å²) in [5.41, 5.74) is 7.17. The Morgan fingerprint density at radius 2 is 2.33 bits per heavy atom. The van der Waals surface area contributed by atoms with Crippen molar-refractivity contribution in [2.75, 3.05) is 19.6 Å². The van der Waals surface area contributed by atoms with Crippen molar-refractivity contribution in [1.29, 1.82) is 0 Å². The summed E-state index contributed by atoms with van der Waals surface area (Å²) in [6, 6.07) is 4.88. The van der Waals surface area contributed by atoms with E-state index in [4.69, 9.17) is 5.73 Å². The number of piperidine rings is 1. The number of nitrogens with zero attached hydrogens (tertiary/aromatic N) is 1. The Balaban J connectivity index is 2.15. The molecule has 1 atom stereocenters. The van der Waals surface area contributed by atoms with Crippen molar-refractivity contribution in [3.05, 3.63) is 29.3 Å². The van der Waals surface area contributed by atoms with Gasteiger partial charge in [0.1, 0.15) is 5.75 Å². The number of phenolic OH excluding ortho intramolecular Hbond substituents is 1. The molecule has 0 saturated carbocycles. The van der Waals surface area contributed by atoms with Crippen LogP contribution in [0.5, 0.6) is 5.75 Å². The van der Waals surface area contributed by atoms with Gasteiger partial charge in [-0.15, -0.1) is 0 Å². The van der Waals surface area contributed by atoms with E-state index in [1.165, 1.54) is 0 Å². The molecule has 1 saturated heterocycles. The van der Waals surface area contributed by atoms with Crippen molar-refractivity contribution in [3.8, 4) is 5.75 Å². The number of hydrogen-bond acceptors (Lipinski definition) is 3. The Morgan fingerprint density at radius 1 is 1.56 bits per heavy atom. The first-order valence-electron chi connectivity index (χ1n) is 6.40. The van der Waals surface area contributed by atoms with E-state index in [9.17, 15) is 9.90 Å². The van der Waals surface area contributed by atoms with Gasteiger partial charge >= 0.3 is 0 Å². The first kappa shape index (κ1) is 12.9. The van der Waals surface area contributed by atoms with E-state index in [0.717, 1.165) is 31.5 Å². The van der Waals surface area contributed by atoms with Gasteiger partial charge in [-0.2, -0.15) is 0 Å². The Morgan fingerprint density at radius 3 is 3.00 bits per heavy atom. The Kier molecular flexibility index (Phi) is 3.87. The highest BCUT2D eigenvalue weighted by molar-refractivity contribution is 5.95. The standard InChI is InChI=1S/C14H20N2O2/c1-10-7-12(17)4-5-13(10)14(18)16-6-2-3-11(8-15)9-16/h4-5,7,11,17H,2-3,6,8-9,15H2,1H3. The smallest absolute Gasteiger partial charge is 0.254 e. The minimum atomic E-state index is 0.0469. The van der Waals surface area contributed by atoms with E-state index < -0.39 is 0 Å². The third-order valence-electron chi connectivity index (χ3n) is 3.58. The molecule has 1 aliphatic heterocycles. The maximum Gasteiger partial charge on any atom is 0.254 e. The van der Waals surface area contributed by atoms with Crippen LogP contribution in [-0.4, -0.2) is 35.5 Å². The fourth-order valence-electron chi connectivity index (χ4n) is 2.50. The quantitative estimate of drug-likeness (QED) is 0.833. The van der Waals surface area contributed by atoms with E-state index >= 15 is 0 Å². The Labute approximate surface area is 107 Å². The topological polar surface area (TPSA) is 66.6 Å². The van der Waals surface area contributed by atoms with Crippen LogP contribution in [0.3, 0.4) is 0 Å². The first-order chi connectivity index (χ1) is 8.61. The molecule has 2 rings (SSSR count). The zero-order chi connectivity index (χ0) is 13.1. The number of amides is 1. The summed E-state index contributed by atoms with van der Waals surface area (Å²) in [5, 5.41) is 9.37. The van der Waals surface area contributed by atoms with Gasteiger partial charge in [0.2, 0.25) is 0 Å². The molecule has 98 valence electrons. The molecule has 0 spiro atoms. The van der Waals surface area contributed by atoms with Crippen LogP contribution in [0, 0.1) is 12.8 Å². The lowest BCUT2D eigenvalue weighted by atomic mass is 9.97. The van der Waals surface area contributed by atoms with Gasteiger partial charge in [0.05, 0.1) is 0 Å². The SMILES string of the molecule is Cc1cc(O)ccc1C(=O)N1CCCC(CN)C1. The molecular formula is C14H20N2O2. The molecule has 1 amide bonds. The molecule has 1 aromatic rings. The molecule has 1 unspecified atom stereocenters. The predicted molar refractivity (Wildman–Crippen MR) is 70.5 cm³/mol. The summed E-state index contributed by atoms with van der Waals surface area (Å²) < 4.78 is 0. The van der Waals surface area contributed by atoms with Crippen LogP contribution in [0.15, 0.2) is 18.2 Å². The van der Waals surface area contributed by atoms with Crippen LogP contribution in [0.2, 0.25) is 0 Å². The monoisotopic (exact) mass is 248 g/mol. The highest BCUT2D eigenvalue weighted by atomic mass is 16.3. The average Bonchev–Trinajstić information content (AvgIpc) is 2.38. The number of hydrogen-bond donors (Lipinski definition) is 2. The molecule has 1 aliphatic rings. The number of likely N-dealkylation sites (tertiary alicyclic amines) is 1. The number of benzene rings is 1. The van der Waals surface area contributed by atoms with Crippen LogP contribution < -0.4 is 5.73 Å². The fourth-order valence-corrected chi connectivity index (χ4v) is 2.50. The Bertz CT molecular complexity index is 445. The van der Waals surface area contributed by atoms with Crippen molar-refractivity contribution < 1.29 is 9.90 Å². The fraction of sp³-hybridized carbons (Fsp3) is 0.500. The summed E-state index contributed by atoms with van der Waals surface area (Å²) in [6.07, 6.45) is 2.12. The van der Waals surface area contributed by atoms with Gasteiger partial charge in [-0.3, -0.25) is 4.79 Å². The third kappa shape index (κ3) is 2.64. The van der Waals surface area contributed by atoms with Gasteiger partial charge in [-0.25, -0.2) is 0 Å². The number of rotatable bonds is 2. The number of nitrogens with two attached hydrogens (primary N) is 1. The molecule has 0 bridgehead atoms. The van der Waals surface area contributed by atoms with Gasteiger partial charge < -0.3 is 15.7 Å². The van der Waals surface area contributed by atoms with Gasteiger partial charge in [-0.05, 0) is 56.0 Å². The van der Waals surface area contributed by atoms with Gasteiger partial charge in [0.25, 0.3) is 5.91 Å². The van der Waals surface area contributed by atoms with Crippen molar-refractivity contribution in [1.82, 2.24) is 4.90 Å². The lowest BCUT2D eigenvalue weighted by molar-refractivity contribution is 0.0677. The normalized spacial score (nSPS) is 19.9. The van der Waals surface area contributed by atoms with E-state index in [1.54, 1.807) is 18.2 Å². The summed E-state index contributed by atoms with van der Waals surface area (Å²) in [6.45, 7) is 4.03. The van der Waals surface area contributed by atoms with Crippen LogP contribution in [0.4, 0.5) is 0 Å². The molecular weight excluding hydrogens is 228 g/mol. The summed E-state index contributed by atoms with van der Waals surface area (Å²) in [5.74, 6) is 0.660. The van der Waals surface area contributed by atoms with E-state index in [0.29, 0.717) is 18.0 Å². The maximum atomic E-state index is 12.4. The van der Waals surface area contributed by atoms with Crippen LogP contribution in [0.25, 0.3) is 0 Å². The number of carbonyl (C=O) groups excluding carboxylic acids is 1. The van der Waals surface area contributed by atoms with Gasteiger partial charge in [-0.1, -0.05) is 0 Å². The molecule has 4 nitrogen and oxygen atoms in total. The maximum absolute atomic E-state index is 12.4. The molecule has 1 fully saturated rings. The second kappa shape index (κ2) is 5.40. The molecule has 0 radical (unpaired) electrons. The number of aromatic hydroxyl groups is 1. The van der Waals surface area contributed by atoms with E-state index in [-0.39, 0.29) is 11.7 Å². The van der Waals surface area contributed by atoms with E-state index in [2.05, 4.69) is 0 Å². The van der Waals surface area contributed by atoms with Crippen LogP contribution in [0.1, 0.15) is 28.8 Å². The van der Waals surface area contributed by atoms with Crippen molar-refractivity contribution in [2.24, 2.45) is 11.7 Å². The number of carbonyl (C=O) groups is 1. The van der Waals surface area contributed by atoms with Gasteiger partial charge in [0.15, 0.2) is 0 Å². The largest absolute Gasteiger partial charge is 0.508 e. The highest BCUT2D eigenvalue weighted by Gasteiger charge is 2.24. The minimum Gasteiger partial charge on any atom is -0.508 e. The number of aryl methyl sites for hydroxylation is 1. The minimum absolute atomic E-state index is 0.0469. The van der Waals surface area contributed by atoms with Crippen LogP contribution >= 0.6 is 0 Å². The number of phenols is 1. The average molecular weight is 248 g/mol. The predicted octanol–water partition coefficient (Wildman–Crippen LogP) is 1.51. The molecule has 18 heavy (non-hydrogen) atoms. The summed E-state index contributed by atoms with van der Waals surface area (Å²) in [7, 11) is 0.